The molecule has 2 aromatic rings. The van der Waals surface area contributed by atoms with Crippen LogP contribution in [0.4, 0.5) is 0 Å². The number of fused-ring (bicyclic) bond motifs is 1. The minimum atomic E-state index is -0.278. The molecule has 0 bridgehead atoms. The molecule has 3 heteroatoms. The van der Waals surface area contributed by atoms with Crippen molar-refractivity contribution >= 4 is 21.4 Å². The first kappa shape index (κ1) is 10.6. The summed E-state index contributed by atoms with van der Waals surface area (Å²) in [6.45, 7) is 3.27. The van der Waals surface area contributed by atoms with E-state index < -0.39 is 0 Å². The van der Waals surface area contributed by atoms with Gasteiger partial charge in [-0.05, 0) is 24.4 Å². The maximum absolute atomic E-state index is 9.11. The third-order valence-electron chi connectivity index (χ3n) is 2.22. The molecule has 1 aromatic heterocycles. The van der Waals surface area contributed by atoms with E-state index in [0.717, 1.165) is 6.54 Å². The highest BCUT2D eigenvalue weighted by molar-refractivity contribution is 7.19. The van der Waals surface area contributed by atoms with Gasteiger partial charge in [0.1, 0.15) is 0 Å². The molecule has 1 atom stereocenters. The zero-order valence-corrected chi connectivity index (χ0v) is 9.55. The van der Waals surface area contributed by atoms with Crippen LogP contribution in [-0.4, -0.2) is 17.8 Å². The van der Waals surface area contributed by atoms with Gasteiger partial charge in [-0.2, -0.15) is 0 Å². The molecule has 1 heterocycles. The van der Waals surface area contributed by atoms with Crippen LogP contribution in [0.5, 0.6) is 0 Å². The Labute approximate surface area is 93.6 Å². The van der Waals surface area contributed by atoms with Crippen molar-refractivity contribution in [2.75, 3.05) is 6.54 Å². The largest absolute Gasteiger partial charge is 0.392 e. The Balaban J connectivity index is 2.03. The summed E-state index contributed by atoms with van der Waals surface area (Å²) >= 11 is 1.80. The number of benzene rings is 1. The normalized spacial score (nSPS) is 13.2. The summed E-state index contributed by atoms with van der Waals surface area (Å²) in [6.07, 6.45) is -0.278. The summed E-state index contributed by atoms with van der Waals surface area (Å²) < 4.78 is 1.33. The zero-order valence-electron chi connectivity index (χ0n) is 8.73. The van der Waals surface area contributed by atoms with Crippen molar-refractivity contribution in [3.63, 3.8) is 0 Å². The first-order valence-electron chi connectivity index (χ1n) is 5.12. The predicted molar refractivity (Wildman–Crippen MR) is 65.2 cm³/mol. The fourth-order valence-corrected chi connectivity index (χ4v) is 2.56. The number of aliphatic hydroxyl groups is 1. The van der Waals surface area contributed by atoms with Gasteiger partial charge in [0.25, 0.3) is 0 Å². The van der Waals surface area contributed by atoms with Gasteiger partial charge < -0.3 is 10.4 Å². The molecule has 0 aliphatic heterocycles. The van der Waals surface area contributed by atoms with Gasteiger partial charge in [0, 0.05) is 22.7 Å². The van der Waals surface area contributed by atoms with Crippen LogP contribution in [0.3, 0.4) is 0 Å². The minimum Gasteiger partial charge on any atom is -0.392 e. The molecule has 0 fully saturated rings. The first-order chi connectivity index (χ1) is 7.25. The van der Waals surface area contributed by atoms with Crippen molar-refractivity contribution in [2.45, 2.75) is 19.6 Å². The Hall–Kier alpha value is -0.900. The van der Waals surface area contributed by atoms with E-state index in [1.165, 1.54) is 15.0 Å². The fraction of sp³-hybridized carbons (Fsp3) is 0.333. The Kier molecular flexibility index (Phi) is 3.36. The van der Waals surface area contributed by atoms with Crippen LogP contribution in [-0.2, 0) is 6.54 Å². The molecule has 0 saturated carbocycles. The van der Waals surface area contributed by atoms with Gasteiger partial charge in [-0.3, -0.25) is 0 Å². The Morgan fingerprint density at radius 3 is 2.93 bits per heavy atom. The molecule has 0 aliphatic carbocycles. The van der Waals surface area contributed by atoms with Crippen molar-refractivity contribution in [3.05, 3.63) is 35.2 Å². The van der Waals surface area contributed by atoms with E-state index in [-0.39, 0.29) is 6.10 Å². The van der Waals surface area contributed by atoms with Crippen LogP contribution in [0, 0.1) is 0 Å². The molecular weight excluding hydrogens is 206 g/mol. The molecule has 0 amide bonds. The second-order valence-corrected chi connectivity index (χ2v) is 4.90. The third kappa shape index (κ3) is 2.78. The number of thiophene rings is 1. The SMILES string of the molecule is C[C@@H](O)CNCc1cc2ccccc2s1. The molecule has 2 N–H and O–H groups in total. The van der Waals surface area contributed by atoms with E-state index in [1.54, 1.807) is 18.3 Å². The highest BCUT2D eigenvalue weighted by Gasteiger charge is 2.01. The van der Waals surface area contributed by atoms with E-state index >= 15 is 0 Å². The molecule has 0 saturated heterocycles. The Morgan fingerprint density at radius 2 is 2.20 bits per heavy atom. The van der Waals surface area contributed by atoms with Crippen molar-refractivity contribution < 1.29 is 5.11 Å². The molecule has 1 aromatic carbocycles. The lowest BCUT2D eigenvalue weighted by atomic mass is 10.2. The molecule has 2 nitrogen and oxygen atoms in total. The topological polar surface area (TPSA) is 32.3 Å². The molecule has 80 valence electrons. The minimum absolute atomic E-state index is 0.278. The summed E-state index contributed by atoms with van der Waals surface area (Å²) in [7, 11) is 0. The van der Waals surface area contributed by atoms with Crippen molar-refractivity contribution in [2.24, 2.45) is 0 Å². The Bertz CT molecular complexity index is 403. The highest BCUT2D eigenvalue weighted by Crippen LogP contribution is 2.24. The smallest absolute Gasteiger partial charge is 0.0636 e. The number of hydrogen-bond acceptors (Lipinski definition) is 3. The van der Waals surface area contributed by atoms with Crippen molar-refractivity contribution in [3.8, 4) is 0 Å². The number of rotatable bonds is 4. The number of nitrogens with one attached hydrogen (secondary N) is 1. The van der Waals surface area contributed by atoms with E-state index in [0.29, 0.717) is 6.54 Å². The van der Waals surface area contributed by atoms with Gasteiger partial charge in [0.15, 0.2) is 0 Å². The van der Waals surface area contributed by atoms with E-state index in [4.69, 9.17) is 5.11 Å². The van der Waals surface area contributed by atoms with Gasteiger partial charge >= 0.3 is 0 Å². The predicted octanol–water partition coefficient (Wildman–Crippen LogP) is 2.37. The van der Waals surface area contributed by atoms with Crippen LogP contribution in [0.25, 0.3) is 10.1 Å². The maximum Gasteiger partial charge on any atom is 0.0636 e. The van der Waals surface area contributed by atoms with Gasteiger partial charge in [-0.1, -0.05) is 18.2 Å². The molecule has 0 aliphatic rings. The maximum atomic E-state index is 9.11. The van der Waals surface area contributed by atoms with Crippen LogP contribution in [0.2, 0.25) is 0 Å². The molecular formula is C12H15NOS. The molecule has 0 spiro atoms. The monoisotopic (exact) mass is 221 g/mol. The lowest BCUT2D eigenvalue weighted by Gasteiger charge is -2.04. The van der Waals surface area contributed by atoms with Gasteiger partial charge in [0.05, 0.1) is 6.10 Å². The van der Waals surface area contributed by atoms with E-state index in [1.807, 2.05) is 0 Å². The average Bonchev–Trinajstić information content (AvgIpc) is 2.59. The van der Waals surface area contributed by atoms with Gasteiger partial charge in [-0.25, -0.2) is 0 Å². The quantitative estimate of drug-likeness (QED) is 0.830. The van der Waals surface area contributed by atoms with Gasteiger partial charge in [0.2, 0.25) is 0 Å². The summed E-state index contributed by atoms with van der Waals surface area (Å²) in [5, 5.41) is 13.6. The molecule has 2 rings (SSSR count). The van der Waals surface area contributed by atoms with E-state index in [2.05, 4.69) is 35.6 Å². The lowest BCUT2D eigenvalue weighted by molar-refractivity contribution is 0.191. The van der Waals surface area contributed by atoms with E-state index in [9.17, 15) is 0 Å². The molecule has 0 radical (unpaired) electrons. The summed E-state index contributed by atoms with van der Waals surface area (Å²) in [5.41, 5.74) is 0. The lowest BCUT2D eigenvalue weighted by Crippen LogP contribution is -2.23. The van der Waals surface area contributed by atoms with Crippen LogP contribution >= 0.6 is 11.3 Å². The van der Waals surface area contributed by atoms with Crippen LogP contribution < -0.4 is 5.32 Å². The zero-order chi connectivity index (χ0) is 10.7. The number of aliphatic hydroxyl groups excluding tert-OH is 1. The molecule has 0 unspecified atom stereocenters. The highest BCUT2D eigenvalue weighted by atomic mass is 32.1. The second-order valence-electron chi connectivity index (χ2n) is 3.73. The third-order valence-corrected chi connectivity index (χ3v) is 3.33. The van der Waals surface area contributed by atoms with Crippen molar-refractivity contribution in [1.82, 2.24) is 5.32 Å². The Morgan fingerprint density at radius 1 is 1.40 bits per heavy atom. The summed E-state index contributed by atoms with van der Waals surface area (Å²) in [6, 6.07) is 10.6. The average molecular weight is 221 g/mol. The second kappa shape index (κ2) is 4.75. The standard InChI is InChI=1S/C12H15NOS/c1-9(14)7-13-8-11-6-10-4-2-3-5-12(10)15-11/h2-6,9,13-14H,7-8H2,1H3/t9-/m1/s1. The first-order valence-corrected chi connectivity index (χ1v) is 5.93. The summed E-state index contributed by atoms with van der Waals surface area (Å²) in [5.74, 6) is 0. The van der Waals surface area contributed by atoms with Crippen molar-refractivity contribution in [1.29, 1.82) is 0 Å². The number of hydrogen-bond donors (Lipinski definition) is 2. The molecule has 15 heavy (non-hydrogen) atoms. The summed E-state index contributed by atoms with van der Waals surface area (Å²) in [4.78, 5) is 1.32. The fourth-order valence-electron chi connectivity index (χ4n) is 1.53. The van der Waals surface area contributed by atoms with Crippen LogP contribution in [0.1, 0.15) is 11.8 Å². The van der Waals surface area contributed by atoms with Crippen LogP contribution in [0.15, 0.2) is 30.3 Å². The van der Waals surface area contributed by atoms with Gasteiger partial charge in [-0.15, -0.1) is 11.3 Å².